The third kappa shape index (κ3) is 2.53. The Kier molecular flexibility index (Phi) is 3.43. The molecule has 0 fully saturated rings. The van der Waals surface area contributed by atoms with E-state index in [-0.39, 0.29) is 6.16 Å². The zero-order valence-electron chi connectivity index (χ0n) is 10.9. The molecule has 0 aromatic heterocycles. The van der Waals surface area contributed by atoms with Gasteiger partial charge in [-0.05, 0) is 28.5 Å². The number of rotatable bonds is 3. The second-order valence-corrected chi connectivity index (χ2v) is 7.07. The van der Waals surface area contributed by atoms with Gasteiger partial charge in [-0.15, -0.1) is 0 Å². The molecule has 0 aliphatic carbocycles. The van der Waals surface area contributed by atoms with Gasteiger partial charge in [-0.1, -0.05) is 60.7 Å². The molecular formula is C17H15O2P. The first-order valence-electron chi connectivity index (χ1n) is 6.51. The van der Waals surface area contributed by atoms with Gasteiger partial charge < -0.3 is 4.89 Å². The lowest BCUT2D eigenvalue weighted by Crippen LogP contribution is -2.05. The van der Waals surface area contributed by atoms with Gasteiger partial charge in [0.1, 0.15) is 0 Å². The highest BCUT2D eigenvalue weighted by Crippen LogP contribution is 2.44. The summed E-state index contributed by atoms with van der Waals surface area (Å²) < 4.78 is 12.6. The van der Waals surface area contributed by atoms with Crippen LogP contribution in [0.25, 0.3) is 10.8 Å². The van der Waals surface area contributed by atoms with E-state index in [1.54, 1.807) is 24.3 Å². The van der Waals surface area contributed by atoms with Crippen LogP contribution in [0.4, 0.5) is 0 Å². The summed E-state index contributed by atoms with van der Waals surface area (Å²) in [5, 5.41) is 2.64. The SMILES string of the molecule is O=P(O)(Cc1cccc2ccccc12)c1ccccc1. The van der Waals surface area contributed by atoms with E-state index in [4.69, 9.17) is 0 Å². The van der Waals surface area contributed by atoms with Crippen LogP contribution >= 0.6 is 7.37 Å². The molecule has 3 rings (SSSR count). The van der Waals surface area contributed by atoms with Gasteiger partial charge in [0.2, 0.25) is 7.37 Å². The van der Waals surface area contributed by atoms with Crippen LogP contribution in [-0.4, -0.2) is 4.89 Å². The van der Waals surface area contributed by atoms with Crippen LogP contribution in [-0.2, 0) is 10.7 Å². The normalized spacial score (nSPS) is 14.1. The zero-order chi connectivity index (χ0) is 14.0. The molecule has 0 aliphatic heterocycles. The van der Waals surface area contributed by atoms with Gasteiger partial charge in [0.05, 0.1) is 6.16 Å². The number of hydrogen-bond donors (Lipinski definition) is 1. The fourth-order valence-electron chi connectivity index (χ4n) is 2.41. The summed E-state index contributed by atoms with van der Waals surface area (Å²) in [5.41, 5.74) is 0.915. The standard InChI is InChI=1S/C17H15O2P/c18-20(19,16-10-2-1-3-11-16)13-15-9-6-8-14-7-4-5-12-17(14)15/h1-12H,13H2,(H,18,19). The van der Waals surface area contributed by atoms with Crippen molar-refractivity contribution in [2.45, 2.75) is 6.16 Å². The third-order valence-electron chi connectivity index (χ3n) is 3.42. The molecule has 1 N–H and O–H groups in total. The van der Waals surface area contributed by atoms with Crippen LogP contribution in [0, 0.1) is 0 Å². The molecule has 3 aromatic rings. The van der Waals surface area contributed by atoms with Crippen molar-refractivity contribution in [2.75, 3.05) is 0 Å². The van der Waals surface area contributed by atoms with Crippen LogP contribution < -0.4 is 5.30 Å². The van der Waals surface area contributed by atoms with Crippen LogP contribution in [0.5, 0.6) is 0 Å². The van der Waals surface area contributed by atoms with Crippen LogP contribution in [0.3, 0.4) is 0 Å². The Hall–Kier alpha value is -1.89. The van der Waals surface area contributed by atoms with Gasteiger partial charge >= 0.3 is 0 Å². The monoisotopic (exact) mass is 282 g/mol. The Balaban J connectivity index is 2.03. The van der Waals surface area contributed by atoms with Gasteiger partial charge in [-0.3, -0.25) is 4.57 Å². The Morgan fingerprint density at radius 1 is 0.800 bits per heavy atom. The van der Waals surface area contributed by atoms with E-state index < -0.39 is 7.37 Å². The Morgan fingerprint density at radius 2 is 1.45 bits per heavy atom. The highest BCUT2D eigenvalue weighted by molar-refractivity contribution is 7.65. The van der Waals surface area contributed by atoms with Gasteiger partial charge in [0.25, 0.3) is 0 Å². The Morgan fingerprint density at radius 3 is 2.25 bits per heavy atom. The van der Waals surface area contributed by atoms with Crippen LogP contribution in [0.15, 0.2) is 72.8 Å². The van der Waals surface area contributed by atoms with E-state index >= 15 is 0 Å². The van der Waals surface area contributed by atoms with E-state index in [1.165, 1.54) is 0 Å². The lowest BCUT2D eigenvalue weighted by Gasteiger charge is -2.13. The molecule has 0 aliphatic rings. The Labute approximate surface area is 118 Å². The molecule has 0 heterocycles. The maximum atomic E-state index is 12.6. The molecule has 0 bridgehead atoms. The Bertz CT molecular complexity index is 776. The van der Waals surface area contributed by atoms with Crippen molar-refractivity contribution in [3.63, 3.8) is 0 Å². The molecule has 0 spiro atoms. The lowest BCUT2D eigenvalue weighted by atomic mass is 10.1. The van der Waals surface area contributed by atoms with Crippen molar-refractivity contribution in [2.24, 2.45) is 0 Å². The third-order valence-corrected chi connectivity index (χ3v) is 5.30. The van der Waals surface area contributed by atoms with Crippen molar-refractivity contribution in [1.82, 2.24) is 0 Å². The van der Waals surface area contributed by atoms with E-state index in [0.29, 0.717) is 5.30 Å². The molecule has 1 atom stereocenters. The van der Waals surface area contributed by atoms with Crippen LogP contribution in [0.2, 0.25) is 0 Å². The van der Waals surface area contributed by atoms with Crippen molar-refractivity contribution in [1.29, 1.82) is 0 Å². The summed E-state index contributed by atoms with van der Waals surface area (Å²) in [6, 6.07) is 22.7. The van der Waals surface area contributed by atoms with Crippen LogP contribution in [0.1, 0.15) is 5.56 Å². The van der Waals surface area contributed by atoms with Gasteiger partial charge in [0.15, 0.2) is 0 Å². The van der Waals surface area contributed by atoms with E-state index in [1.807, 2.05) is 48.5 Å². The average molecular weight is 282 g/mol. The molecule has 3 heteroatoms. The molecule has 2 nitrogen and oxygen atoms in total. The minimum atomic E-state index is -3.37. The molecule has 1 unspecified atom stereocenters. The molecule has 3 aromatic carbocycles. The van der Waals surface area contributed by atoms with Gasteiger partial charge in [0, 0.05) is 5.30 Å². The average Bonchev–Trinajstić information content (AvgIpc) is 2.48. The van der Waals surface area contributed by atoms with E-state index in [2.05, 4.69) is 0 Å². The molecule has 0 amide bonds. The number of hydrogen-bond acceptors (Lipinski definition) is 1. The predicted molar refractivity (Wildman–Crippen MR) is 83.6 cm³/mol. The smallest absolute Gasteiger partial charge is 0.233 e. The highest BCUT2D eigenvalue weighted by Gasteiger charge is 2.22. The molecular weight excluding hydrogens is 267 g/mol. The summed E-state index contributed by atoms with van der Waals surface area (Å²) in [5.74, 6) is 0. The predicted octanol–water partition coefficient (Wildman–Crippen LogP) is 3.94. The van der Waals surface area contributed by atoms with Crippen molar-refractivity contribution in [3.05, 3.63) is 78.4 Å². The minimum Gasteiger partial charge on any atom is -0.341 e. The quantitative estimate of drug-likeness (QED) is 0.739. The lowest BCUT2D eigenvalue weighted by molar-refractivity contribution is 0.489. The van der Waals surface area contributed by atoms with E-state index in [9.17, 15) is 9.46 Å². The van der Waals surface area contributed by atoms with Gasteiger partial charge in [-0.25, -0.2) is 0 Å². The van der Waals surface area contributed by atoms with Crippen molar-refractivity contribution >= 4 is 23.4 Å². The number of fused-ring (bicyclic) bond motifs is 1. The maximum Gasteiger partial charge on any atom is 0.233 e. The molecule has 0 saturated carbocycles. The first-order valence-corrected chi connectivity index (χ1v) is 8.35. The minimum absolute atomic E-state index is 0.165. The summed E-state index contributed by atoms with van der Waals surface area (Å²) >= 11 is 0. The fraction of sp³-hybridized carbons (Fsp3) is 0.0588. The molecule has 100 valence electrons. The topological polar surface area (TPSA) is 37.3 Å². The van der Waals surface area contributed by atoms with Gasteiger partial charge in [-0.2, -0.15) is 0 Å². The highest BCUT2D eigenvalue weighted by atomic mass is 31.2. The summed E-state index contributed by atoms with van der Waals surface area (Å²) in [4.78, 5) is 10.4. The molecule has 20 heavy (non-hydrogen) atoms. The van der Waals surface area contributed by atoms with E-state index in [0.717, 1.165) is 16.3 Å². The largest absolute Gasteiger partial charge is 0.341 e. The molecule has 0 saturated heterocycles. The summed E-state index contributed by atoms with van der Waals surface area (Å²) in [7, 11) is -3.37. The summed E-state index contributed by atoms with van der Waals surface area (Å²) in [6.07, 6.45) is 0.165. The first kappa shape index (κ1) is 13.1. The number of benzene rings is 3. The second kappa shape index (κ2) is 5.24. The fourth-order valence-corrected chi connectivity index (χ4v) is 3.97. The summed E-state index contributed by atoms with van der Waals surface area (Å²) in [6.45, 7) is 0. The molecule has 0 radical (unpaired) electrons. The first-order chi connectivity index (χ1) is 9.67. The second-order valence-electron chi connectivity index (χ2n) is 4.83. The van der Waals surface area contributed by atoms with Crippen molar-refractivity contribution in [3.8, 4) is 0 Å². The van der Waals surface area contributed by atoms with Crippen molar-refractivity contribution < 1.29 is 9.46 Å². The maximum absolute atomic E-state index is 12.6. The zero-order valence-corrected chi connectivity index (χ0v) is 11.8.